The van der Waals surface area contributed by atoms with Gasteiger partial charge >= 0.3 is 0 Å². The Kier molecular flexibility index (Phi) is 2.69. The van der Waals surface area contributed by atoms with Crippen LogP contribution in [0.3, 0.4) is 0 Å². The molecular formula is C8H17NO. The van der Waals surface area contributed by atoms with Crippen molar-refractivity contribution in [3.8, 4) is 0 Å². The zero-order valence-electron chi connectivity index (χ0n) is 6.88. The van der Waals surface area contributed by atoms with E-state index in [-0.39, 0.29) is 0 Å². The summed E-state index contributed by atoms with van der Waals surface area (Å²) < 4.78 is 0. The van der Waals surface area contributed by atoms with Crippen LogP contribution < -0.4 is 0 Å². The van der Waals surface area contributed by atoms with E-state index in [0.717, 1.165) is 12.5 Å². The Hall–Kier alpha value is -0.0800. The fraction of sp³-hybridized carbons (Fsp3) is 1.00. The summed E-state index contributed by atoms with van der Waals surface area (Å²) in [6, 6.07) is 0.444. The molecular weight excluding hydrogens is 126 g/mol. The molecule has 1 rings (SSSR count). The molecule has 60 valence electrons. The molecule has 0 aromatic heterocycles. The van der Waals surface area contributed by atoms with Gasteiger partial charge in [-0.25, -0.2) is 0 Å². The molecule has 1 aliphatic rings. The summed E-state index contributed by atoms with van der Waals surface area (Å²) in [4.78, 5) is 2.35. The number of likely N-dealkylation sites (N-methyl/N-ethyl adjacent to an activating group) is 1. The highest BCUT2D eigenvalue weighted by molar-refractivity contribution is 4.81. The summed E-state index contributed by atoms with van der Waals surface area (Å²) in [5.41, 5.74) is 0. The van der Waals surface area contributed by atoms with Crippen molar-refractivity contribution in [2.75, 3.05) is 19.7 Å². The van der Waals surface area contributed by atoms with Crippen LogP contribution in [0, 0.1) is 5.92 Å². The third kappa shape index (κ3) is 1.50. The molecule has 2 atom stereocenters. The molecule has 0 radical (unpaired) electrons. The molecule has 1 aliphatic heterocycles. The molecule has 1 heterocycles. The highest BCUT2D eigenvalue weighted by atomic mass is 16.3. The second-order valence-corrected chi connectivity index (χ2v) is 3.26. The molecule has 0 aromatic carbocycles. The van der Waals surface area contributed by atoms with Crippen molar-refractivity contribution in [1.82, 2.24) is 4.90 Å². The van der Waals surface area contributed by atoms with E-state index >= 15 is 0 Å². The fourth-order valence-corrected chi connectivity index (χ4v) is 1.81. The smallest absolute Gasteiger partial charge is 0.0586 e. The van der Waals surface area contributed by atoms with E-state index in [4.69, 9.17) is 5.11 Å². The third-order valence-electron chi connectivity index (χ3n) is 2.35. The summed E-state index contributed by atoms with van der Waals surface area (Å²) in [6.07, 6.45) is 1.17. The zero-order valence-corrected chi connectivity index (χ0v) is 6.88. The fourth-order valence-electron chi connectivity index (χ4n) is 1.81. The van der Waals surface area contributed by atoms with E-state index in [2.05, 4.69) is 18.7 Å². The van der Waals surface area contributed by atoms with Gasteiger partial charge < -0.3 is 5.11 Å². The minimum Gasteiger partial charge on any atom is -0.395 e. The molecule has 0 spiro atoms. The van der Waals surface area contributed by atoms with Gasteiger partial charge in [0.1, 0.15) is 0 Å². The van der Waals surface area contributed by atoms with E-state index in [9.17, 15) is 0 Å². The highest BCUT2D eigenvalue weighted by Gasteiger charge is 2.26. The lowest BCUT2D eigenvalue weighted by Crippen LogP contribution is -2.31. The average molecular weight is 143 g/mol. The molecule has 1 saturated heterocycles. The topological polar surface area (TPSA) is 23.5 Å². The summed E-state index contributed by atoms with van der Waals surface area (Å²) in [5.74, 6) is 0.775. The highest BCUT2D eigenvalue weighted by Crippen LogP contribution is 2.21. The largest absolute Gasteiger partial charge is 0.395 e. The van der Waals surface area contributed by atoms with Crippen molar-refractivity contribution < 1.29 is 5.11 Å². The van der Waals surface area contributed by atoms with E-state index in [1.165, 1.54) is 13.0 Å². The van der Waals surface area contributed by atoms with Crippen LogP contribution in [-0.2, 0) is 0 Å². The van der Waals surface area contributed by atoms with Crippen molar-refractivity contribution in [3.05, 3.63) is 0 Å². The molecule has 2 heteroatoms. The molecule has 10 heavy (non-hydrogen) atoms. The zero-order chi connectivity index (χ0) is 7.56. The van der Waals surface area contributed by atoms with Gasteiger partial charge in [0, 0.05) is 12.6 Å². The van der Waals surface area contributed by atoms with Crippen molar-refractivity contribution in [2.45, 2.75) is 26.3 Å². The lowest BCUT2D eigenvalue weighted by atomic mass is 10.1. The summed E-state index contributed by atoms with van der Waals surface area (Å²) in [5, 5.41) is 8.94. The SMILES string of the molecule is CCN1CC(C)C[C@H]1CO. The maximum atomic E-state index is 8.94. The molecule has 1 unspecified atom stereocenters. The van der Waals surface area contributed by atoms with E-state index < -0.39 is 0 Å². The van der Waals surface area contributed by atoms with Crippen LogP contribution in [0.4, 0.5) is 0 Å². The molecule has 1 fully saturated rings. The predicted molar refractivity (Wildman–Crippen MR) is 41.9 cm³/mol. The van der Waals surface area contributed by atoms with Crippen LogP contribution >= 0.6 is 0 Å². The summed E-state index contributed by atoms with van der Waals surface area (Å²) in [7, 11) is 0. The number of hydrogen-bond acceptors (Lipinski definition) is 2. The van der Waals surface area contributed by atoms with Gasteiger partial charge in [-0.15, -0.1) is 0 Å². The van der Waals surface area contributed by atoms with Gasteiger partial charge in [-0.2, -0.15) is 0 Å². The number of aliphatic hydroxyl groups is 1. The van der Waals surface area contributed by atoms with Gasteiger partial charge in [-0.1, -0.05) is 13.8 Å². The van der Waals surface area contributed by atoms with E-state index in [1.54, 1.807) is 0 Å². The lowest BCUT2D eigenvalue weighted by Gasteiger charge is -2.19. The number of rotatable bonds is 2. The first-order chi connectivity index (χ1) is 4.77. The number of likely N-dealkylation sites (tertiary alicyclic amines) is 1. The van der Waals surface area contributed by atoms with Crippen LogP contribution in [0.2, 0.25) is 0 Å². The van der Waals surface area contributed by atoms with Crippen LogP contribution in [0.25, 0.3) is 0 Å². The van der Waals surface area contributed by atoms with E-state index in [0.29, 0.717) is 12.6 Å². The second kappa shape index (κ2) is 3.35. The molecule has 0 saturated carbocycles. The van der Waals surface area contributed by atoms with Gasteiger partial charge in [0.2, 0.25) is 0 Å². The van der Waals surface area contributed by atoms with Crippen molar-refractivity contribution >= 4 is 0 Å². The Morgan fingerprint density at radius 2 is 2.30 bits per heavy atom. The number of aliphatic hydroxyl groups excluding tert-OH is 1. The molecule has 0 amide bonds. The second-order valence-electron chi connectivity index (χ2n) is 3.26. The minimum atomic E-state index is 0.332. The number of hydrogen-bond donors (Lipinski definition) is 1. The maximum absolute atomic E-state index is 8.94. The van der Waals surface area contributed by atoms with Crippen molar-refractivity contribution in [3.63, 3.8) is 0 Å². The molecule has 0 aliphatic carbocycles. The standard InChI is InChI=1S/C8H17NO/c1-3-9-5-7(2)4-8(9)6-10/h7-8,10H,3-6H2,1-2H3/t7?,8-/m0/s1. The molecule has 2 nitrogen and oxygen atoms in total. The Bertz CT molecular complexity index is 93.4. The Labute approximate surface area is 62.8 Å². The number of nitrogens with zero attached hydrogens (tertiary/aromatic N) is 1. The van der Waals surface area contributed by atoms with Crippen molar-refractivity contribution in [2.24, 2.45) is 5.92 Å². The van der Waals surface area contributed by atoms with Crippen LogP contribution in [0.1, 0.15) is 20.3 Å². The quantitative estimate of drug-likeness (QED) is 0.615. The van der Waals surface area contributed by atoms with Crippen molar-refractivity contribution in [1.29, 1.82) is 0 Å². The van der Waals surface area contributed by atoms with Crippen LogP contribution in [0.5, 0.6) is 0 Å². The molecule has 0 aromatic rings. The Morgan fingerprint density at radius 3 is 2.70 bits per heavy atom. The Morgan fingerprint density at radius 1 is 1.60 bits per heavy atom. The first-order valence-corrected chi connectivity index (χ1v) is 4.12. The Balaban J connectivity index is 2.41. The van der Waals surface area contributed by atoms with Gasteiger partial charge in [0.05, 0.1) is 6.61 Å². The van der Waals surface area contributed by atoms with Gasteiger partial charge in [-0.05, 0) is 18.9 Å². The third-order valence-corrected chi connectivity index (χ3v) is 2.35. The first kappa shape index (κ1) is 8.02. The summed E-state index contributed by atoms with van der Waals surface area (Å²) >= 11 is 0. The average Bonchev–Trinajstić information content (AvgIpc) is 2.30. The first-order valence-electron chi connectivity index (χ1n) is 4.12. The van der Waals surface area contributed by atoms with Gasteiger partial charge in [0.15, 0.2) is 0 Å². The maximum Gasteiger partial charge on any atom is 0.0586 e. The van der Waals surface area contributed by atoms with Gasteiger partial charge in [-0.3, -0.25) is 4.90 Å². The monoisotopic (exact) mass is 143 g/mol. The molecule has 1 N–H and O–H groups in total. The minimum absolute atomic E-state index is 0.332. The predicted octanol–water partition coefficient (Wildman–Crippen LogP) is 0.709. The van der Waals surface area contributed by atoms with Crippen LogP contribution in [0.15, 0.2) is 0 Å². The lowest BCUT2D eigenvalue weighted by molar-refractivity contribution is 0.164. The molecule has 0 bridgehead atoms. The van der Waals surface area contributed by atoms with E-state index in [1.807, 2.05) is 0 Å². The summed E-state index contributed by atoms with van der Waals surface area (Å²) in [6.45, 7) is 6.98. The normalized spacial score (nSPS) is 35.1. The van der Waals surface area contributed by atoms with Crippen LogP contribution in [-0.4, -0.2) is 35.7 Å². The van der Waals surface area contributed by atoms with Gasteiger partial charge in [0.25, 0.3) is 0 Å².